The smallest absolute Gasteiger partial charge is 0.179 e. The van der Waals surface area contributed by atoms with Crippen LogP contribution in [0.1, 0.15) is 12.0 Å². The molecular formula is C11H14ClNO2. The van der Waals surface area contributed by atoms with E-state index in [9.17, 15) is 0 Å². The van der Waals surface area contributed by atoms with Crippen molar-refractivity contribution < 1.29 is 9.47 Å². The van der Waals surface area contributed by atoms with Crippen LogP contribution in [0.25, 0.3) is 0 Å². The van der Waals surface area contributed by atoms with Crippen LogP contribution >= 0.6 is 11.6 Å². The monoisotopic (exact) mass is 227 g/mol. The fourth-order valence-corrected chi connectivity index (χ4v) is 1.88. The summed E-state index contributed by atoms with van der Waals surface area (Å²) in [5.74, 6) is 1.40. The molecule has 0 atom stereocenters. The van der Waals surface area contributed by atoms with Crippen LogP contribution in [0.5, 0.6) is 11.5 Å². The molecule has 0 amide bonds. The lowest BCUT2D eigenvalue weighted by molar-refractivity contribution is 0.297. The summed E-state index contributed by atoms with van der Waals surface area (Å²) in [6, 6.07) is 3.85. The molecule has 0 aliphatic carbocycles. The first kappa shape index (κ1) is 10.6. The van der Waals surface area contributed by atoms with Crippen LogP contribution in [0.2, 0.25) is 5.02 Å². The largest absolute Gasteiger partial charge is 0.489 e. The lowest BCUT2D eigenvalue weighted by Gasteiger charge is -2.10. The molecule has 82 valence electrons. The predicted octanol–water partition coefficient (Wildman–Crippen LogP) is 2.00. The van der Waals surface area contributed by atoms with E-state index in [2.05, 4.69) is 0 Å². The Morgan fingerprint density at radius 2 is 2.07 bits per heavy atom. The molecule has 1 aromatic rings. The molecule has 1 aliphatic heterocycles. The van der Waals surface area contributed by atoms with Gasteiger partial charge >= 0.3 is 0 Å². The first-order valence-corrected chi connectivity index (χ1v) is 5.47. The molecule has 0 saturated carbocycles. The normalized spacial score (nSPS) is 14.8. The van der Waals surface area contributed by atoms with Gasteiger partial charge in [0.25, 0.3) is 0 Å². The summed E-state index contributed by atoms with van der Waals surface area (Å²) >= 11 is 6.11. The van der Waals surface area contributed by atoms with Crippen LogP contribution < -0.4 is 15.2 Å². The van der Waals surface area contributed by atoms with E-state index in [0.717, 1.165) is 24.2 Å². The van der Waals surface area contributed by atoms with Crippen molar-refractivity contribution in [2.75, 3.05) is 19.8 Å². The van der Waals surface area contributed by atoms with Gasteiger partial charge in [0.2, 0.25) is 0 Å². The number of nitrogens with two attached hydrogens (primary N) is 1. The Balaban J connectivity index is 2.35. The highest BCUT2D eigenvalue weighted by Gasteiger charge is 2.15. The van der Waals surface area contributed by atoms with Crippen molar-refractivity contribution in [1.29, 1.82) is 0 Å². The Kier molecular flexibility index (Phi) is 3.34. The number of fused-ring (bicyclic) bond motifs is 1. The second-order valence-corrected chi connectivity index (χ2v) is 3.90. The number of halogens is 1. The number of hydrogen-bond acceptors (Lipinski definition) is 3. The van der Waals surface area contributed by atoms with Gasteiger partial charge < -0.3 is 15.2 Å². The van der Waals surface area contributed by atoms with E-state index in [1.165, 1.54) is 0 Å². The van der Waals surface area contributed by atoms with Gasteiger partial charge in [-0.05, 0) is 30.7 Å². The standard InChI is InChI=1S/C11H14ClNO2/c12-9-6-8(2-3-13)7-10-11(9)15-5-1-4-14-10/h6-7H,1-5,13H2. The molecule has 2 rings (SSSR count). The van der Waals surface area contributed by atoms with Crippen molar-refractivity contribution in [3.05, 3.63) is 22.7 Å². The minimum atomic E-state index is 0.607. The zero-order chi connectivity index (χ0) is 10.7. The summed E-state index contributed by atoms with van der Waals surface area (Å²) in [5, 5.41) is 0.609. The Bertz CT molecular complexity index is 355. The molecule has 0 radical (unpaired) electrons. The van der Waals surface area contributed by atoms with Gasteiger partial charge in [0.1, 0.15) is 0 Å². The summed E-state index contributed by atoms with van der Waals surface area (Å²) in [4.78, 5) is 0. The minimum Gasteiger partial charge on any atom is -0.489 e. The molecule has 0 spiro atoms. The second kappa shape index (κ2) is 4.73. The quantitative estimate of drug-likeness (QED) is 0.841. The van der Waals surface area contributed by atoms with E-state index in [4.69, 9.17) is 26.8 Å². The van der Waals surface area contributed by atoms with Crippen molar-refractivity contribution in [2.24, 2.45) is 5.73 Å². The highest BCUT2D eigenvalue weighted by Crippen LogP contribution is 2.37. The maximum Gasteiger partial charge on any atom is 0.179 e. The highest BCUT2D eigenvalue weighted by molar-refractivity contribution is 6.32. The summed E-state index contributed by atoms with van der Waals surface area (Å²) in [6.45, 7) is 1.94. The van der Waals surface area contributed by atoms with Gasteiger partial charge in [-0.2, -0.15) is 0 Å². The molecule has 4 heteroatoms. The summed E-state index contributed by atoms with van der Waals surface area (Å²) in [7, 11) is 0. The fourth-order valence-electron chi connectivity index (χ4n) is 1.60. The maximum atomic E-state index is 6.11. The molecule has 15 heavy (non-hydrogen) atoms. The van der Waals surface area contributed by atoms with Crippen LogP contribution in [0, 0.1) is 0 Å². The Morgan fingerprint density at radius 3 is 2.87 bits per heavy atom. The first-order chi connectivity index (χ1) is 7.31. The molecule has 1 heterocycles. The van der Waals surface area contributed by atoms with Crippen LogP contribution in [0.4, 0.5) is 0 Å². The van der Waals surface area contributed by atoms with Crippen molar-refractivity contribution in [3.8, 4) is 11.5 Å². The molecule has 2 N–H and O–H groups in total. The predicted molar refractivity (Wildman–Crippen MR) is 59.8 cm³/mol. The maximum absolute atomic E-state index is 6.11. The summed E-state index contributed by atoms with van der Waals surface area (Å²) < 4.78 is 11.1. The van der Waals surface area contributed by atoms with Crippen molar-refractivity contribution in [2.45, 2.75) is 12.8 Å². The lowest BCUT2D eigenvalue weighted by atomic mass is 10.1. The van der Waals surface area contributed by atoms with Crippen molar-refractivity contribution in [1.82, 2.24) is 0 Å². The number of ether oxygens (including phenoxy) is 2. The SMILES string of the molecule is NCCc1cc(Cl)c2c(c1)OCCCO2. The molecule has 3 nitrogen and oxygen atoms in total. The van der Waals surface area contributed by atoms with Crippen LogP contribution in [-0.4, -0.2) is 19.8 Å². The molecule has 0 aromatic heterocycles. The minimum absolute atomic E-state index is 0.607. The van der Waals surface area contributed by atoms with Gasteiger partial charge in [0, 0.05) is 6.42 Å². The fraction of sp³-hybridized carbons (Fsp3) is 0.455. The van der Waals surface area contributed by atoms with Crippen LogP contribution in [0.15, 0.2) is 12.1 Å². The number of hydrogen-bond donors (Lipinski definition) is 1. The Labute approximate surface area is 94.1 Å². The third-order valence-corrected chi connectivity index (χ3v) is 2.58. The van der Waals surface area contributed by atoms with E-state index < -0.39 is 0 Å². The van der Waals surface area contributed by atoms with Crippen molar-refractivity contribution >= 4 is 11.6 Å². The zero-order valence-electron chi connectivity index (χ0n) is 8.46. The average molecular weight is 228 g/mol. The summed E-state index contributed by atoms with van der Waals surface area (Å²) in [5.41, 5.74) is 6.59. The molecule has 1 aromatic carbocycles. The molecule has 0 unspecified atom stereocenters. The van der Waals surface area contributed by atoms with Crippen LogP contribution in [0.3, 0.4) is 0 Å². The van der Waals surface area contributed by atoms with Gasteiger partial charge in [-0.1, -0.05) is 11.6 Å². The summed E-state index contributed by atoms with van der Waals surface area (Å²) in [6.07, 6.45) is 1.69. The van der Waals surface area contributed by atoms with E-state index in [0.29, 0.717) is 30.5 Å². The molecule has 0 saturated heterocycles. The molecular weight excluding hydrogens is 214 g/mol. The van der Waals surface area contributed by atoms with Gasteiger partial charge in [-0.3, -0.25) is 0 Å². The van der Waals surface area contributed by atoms with Gasteiger partial charge in [-0.15, -0.1) is 0 Å². The van der Waals surface area contributed by atoms with E-state index in [1.54, 1.807) is 0 Å². The number of rotatable bonds is 2. The molecule has 0 fully saturated rings. The third kappa shape index (κ3) is 2.36. The average Bonchev–Trinajstić information content (AvgIpc) is 2.43. The van der Waals surface area contributed by atoms with Gasteiger partial charge in [0.05, 0.1) is 18.2 Å². The Morgan fingerprint density at radius 1 is 1.27 bits per heavy atom. The number of benzene rings is 1. The first-order valence-electron chi connectivity index (χ1n) is 5.09. The van der Waals surface area contributed by atoms with Gasteiger partial charge in [-0.25, -0.2) is 0 Å². The van der Waals surface area contributed by atoms with Crippen molar-refractivity contribution in [3.63, 3.8) is 0 Å². The van der Waals surface area contributed by atoms with E-state index >= 15 is 0 Å². The molecule has 1 aliphatic rings. The Hall–Kier alpha value is -0.930. The third-order valence-electron chi connectivity index (χ3n) is 2.29. The molecule has 0 bridgehead atoms. The van der Waals surface area contributed by atoms with E-state index in [1.807, 2.05) is 12.1 Å². The van der Waals surface area contributed by atoms with E-state index in [-0.39, 0.29) is 0 Å². The zero-order valence-corrected chi connectivity index (χ0v) is 9.22. The second-order valence-electron chi connectivity index (χ2n) is 3.49. The highest BCUT2D eigenvalue weighted by atomic mass is 35.5. The lowest BCUT2D eigenvalue weighted by Crippen LogP contribution is -2.03. The van der Waals surface area contributed by atoms with Gasteiger partial charge in [0.15, 0.2) is 11.5 Å². The van der Waals surface area contributed by atoms with Crippen LogP contribution in [-0.2, 0) is 6.42 Å². The topological polar surface area (TPSA) is 44.5 Å².